The molecular weight excluding hydrogens is 302 g/mol. The molecule has 2 aliphatic rings. The molecule has 1 aliphatic heterocycles. The highest BCUT2D eigenvalue weighted by molar-refractivity contribution is 5.68. The molecule has 1 amide bonds. The van der Waals surface area contributed by atoms with Gasteiger partial charge in [-0.3, -0.25) is 4.90 Å². The number of likely N-dealkylation sites (tertiary alicyclic amines) is 1. The summed E-state index contributed by atoms with van der Waals surface area (Å²) in [5, 5.41) is 0. The van der Waals surface area contributed by atoms with E-state index in [1.54, 1.807) is 11.8 Å². The molecule has 2 fully saturated rings. The van der Waals surface area contributed by atoms with Crippen LogP contribution in [0.2, 0.25) is 0 Å². The quantitative estimate of drug-likeness (QED) is 0.772. The first-order valence-corrected chi connectivity index (χ1v) is 8.59. The van der Waals surface area contributed by atoms with E-state index in [2.05, 4.69) is 4.90 Å². The molecule has 0 aromatic rings. The molecule has 0 spiro atoms. The van der Waals surface area contributed by atoms with Crippen LogP contribution in [0, 0.1) is 5.92 Å². The van der Waals surface area contributed by atoms with Crippen molar-refractivity contribution in [3.63, 3.8) is 0 Å². The number of alkyl halides is 2. The minimum absolute atomic E-state index is 0.00674. The zero-order chi connectivity index (χ0) is 17.4. The number of rotatable bonds is 2. The van der Waals surface area contributed by atoms with Crippen molar-refractivity contribution in [2.45, 2.75) is 77.0 Å². The Morgan fingerprint density at radius 3 is 2.57 bits per heavy atom. The van der Waals surface area contributed by atoms with Crippen molar-refractivity contribution in [3.05, 3.63) is 0 Å². The number of hydrogen-bond acceptors (Lipinski definition) is 3. The van der Waals surface area contributed by atoms with E-state index in [0.717, 1.165) is 12.8 Å². The fourth-order valence-electron chi connectivity index (χ4n) is 3.70. The van der Waals surface area contributed by atoms with E-state index in [-0.39, 0.29) is 24.6 Å². The van der Waals surface area contributed by atoms with E-state index >= 15 is 0 Å². The van der Waals surface area contributed by atoms with Crippen LogP contribution in [0.3, 0.4) is 0 Å². The second-order valence-electron chi connectivity index (χ2n) is 8.04. The molecule has 0 aromatic heterocycles. The Hall–Kier alpha value is -0.910. The zero-order valence-corrected chi connectivity index (χ0v) is 14.9. The first-order valence-electron chi connectivity index (χ1n) is 8.59. The SMILES string of the molecule is C[C@@H]1[C@@H](N(C)[C@H]2CCN(C(=O)OC(C)(C)C)C2)CCCC1(F)F. The molecule has 2 rings (SSSR count). The zero-order valence-electron chi connectivity index (χ0n) is 14.9. The van der Waals surface area contributed by atoms with Gasteiger partial charge in [-0.2, -0.15) is 0 Å². The predicted molar refractivity (Wildman–Crippen MR) is 85.7 cm³/mol. The molecular formula is C17H30F2N2O2. The van der Waals surface area contributed by atoms with Gasteiger partial charge < -0.3 is 9.64 Å². The lowest BCUT2D eigenvalue weighted by Crippen LogP contribution is -2.52. The van der Waals surface area contributed by atoms with Crippen molar-refractivity contribution in [3.8, 4) is 0 Å². The van der Waals surface area contributed by atoms with Crippen molar-refractivity contribution in [1.82, 2.24) is 9.80 Å². The van der Waals surface area contributed by atoms with Crippen molar-refractivity contribution >= 4 is 6.09 Å². The summed E-state index contributed by atoms with van der Waals surface area (Å²) >= 11 is 0. The maximum absolute atomic E-state index is 14.0. The van der Waals surface area contributed by atoms with E-state index in [4.69, 9.17) is 4.74 Å². The van der Waals surface area contributed by atoms with Gasteiger partial charge in [0.05, 0.1) is 0 Å². The molecule has 1 saturated carbocycles. The number of carbonyl (C=O) groups excluding carboxylic acids is 1. The largest absolute Gasteiger partial charge is 0.444 e. The molecule has 4 nitrogen and oxygen atoms in total. The lowest BCUT2D eigenvalue weighted by molar-refractivity contribution is -0.113. The van der Waals surface area contributed by atoms with Crippen LogP contribution in [0.15, 0.2) is 0 Å². The summed E-state index contributed by atoms with van der Waals surface area (Å²) in [5.41, 5.74) is -0.513. The molecule has 0 N–H and O–H groups in total. The maximum atomic E-state index is 14.0. The van der Waals surface area contributed by atoms with Gasteiger partial charge in [0.15, 0.2) is 0 Å². The Kier molecular flexibility index (Phi) is 5.24. The number of halogens is 2. The highest BCUT2D eigenvalue weighted by atomic mass is 19.3. The number of nitrogens with zero attached hydrogens (tertiary/aromatic N) is 2. The van der Waals surface area contributed by atoms with Crippen LogP contribution in [-0.4, -0.2) is 59.6 Å². The van der Waals surface area contributed by atoms with Crippen LogP contribution in [0.5, 0.6) is 0 Å². The van der Waals surface area contributed by atoms with E-state index in [9.17, 15) is 13.6 Å². The average Bonchev–Trinajstić information content (AvgIpc) is 2.89. The number of amides is 1. The average molecular weight is 332 g/mol. The molecule has 0 aromatic carbocycles. The lowest BCUT2D eigenvalue weighted by atomic mass is 9.81. The van der Waals surface area contributed by atoms with Crippen molar-refractivity contribution in [2.24, 2.45) is 5.92 Å². The Morgan fingerprint density at radius 1 is 1.30 bits per heavy atom. The van der Waals surface area contributed by atoms with Crippen LogP contribution in [0.4, 0.5) is 13.6 Å². The van der Waals surface area contributed by atoms with Gasteiger partial charge in [0.2, 0.25) is 0 Å². The lowest BCUT2D eigenvalue weighted by Gasteiger charge is -2.43. The van der Waals surface area contributed by atoms with Gasteiger partial charge >= 0.3 is 6.09 Å². The highest BCUT2D eigenvalue weighted by Crippen LogP contribution is 2.41. The van der Waals surface area contributed by atoms with Gasteiger partial charge in [0, 0.05) is 37.5 Å². The monoisotopic (exact) mass is 332 g/mol. The number of hydrogen-bond donors (Lipinski definition) is 0. The summed E-state index contributed by atoms with van der Waals surface area (Å²) in [6.45, 7) is 8.37. The number of likely N-dealkylation sites (N-methyl/N-ethyl adjacent to an activating group) is 1. The summed E-state index contributed by atoms with van der Waals surface area (Å²) in [6, 6.07) is 0.00575. The summed E-state index contributed by atoms with van der Waals surface area (Å²) < 4.78 is 33.3. The molecule has 0 bridgehead atoms. The minimum atomic E-state index is -2.58. The van der Waals surface area contributed by atoms with E-state index in [1.807, 2.05) is 27.8 Å². The molecule has 1 aliphatic carbocycles. The normalized spacial score (nSPS) is 31.5. The van der Waals surface area contributed by atoms with Gasteiger partial charge in [-0.25, -0.2) is 13.6 Å². The van der Waals surface area contributed by atoms with Gasteiger partial charge in [0.25, 0.3) is 5.92 Å². The van der Waals surface area contributed by atoms with Crippen molar-refractivity contribution in [1.29, 1.82) is 0 Å². The van der Waals surface area contributed by atoms with Crippen LogP contribution in [0.25, 0.3) is 0 Å². The van der Waals surface area contributed by atoms with Crippen molar-refractivity contribution in [2.75, 3.05) is 20.1 Å². The van der Waals surface area contributed by atoms with E-state index < -0.39 is 17.4 Å². The fourth-order valence-corrected chi connectivity index (χ4v) is 3.70. The van der Waals surface area contributed by atoms with Crippen LogP contribution in [0.1, 0.15) is 53.4 Å². The van der Waals surface area contributed by atoms with E-state index in [1.165, 1.54) is 0 Å². The minimum Gasteiger partial charge on any atom is -0.444 e. The highest BCUT2D eigenvalue weighted by Gasteiger charge is 2.47. The van der Waals surface area contributed by atoms with Gasteiger partial charge in [-0.1, -0.05) is 6.92 Å². The third-order valence-corrected chi connectivity index (χ3v) is 5.17. The first kappa shape index (κ1) is 18.4. The molecule has 23 heavy (non-hydrogen) atoms. The molecule has 0 radical (unpaired) electrons. The predicted octanol–water partition coefficient (Wildman–Crippen LogP) is 3.75. The van der Waals surface area contributed by atoms with Gasteiger partial charge in [0.1, 0.15) is 5.60 Å². The molecule has 3 atom stereocenters. The fraction of sp³-hybridized carbons (Fsp3) is 0.941. The Balaban J connectivity index is 1.94. The Labute approximate surface area is 138 Å². The van der Waals surface area contributed by atoms with Crippen LogP contribution >= 0.6 is 0 Å². The van der Waals surface area contributed by atoms with Gasteiger partial charge in [-0.05, 0) is 47.1 Å². The molecule has 134 valence electrons. The van der Waals surface area contributed by atoms with Crippen molar-refractivity contribution < 1.29 is 18.3 Å². The maximum Gasteiger partial charge on any atom is 0.410 e. The summed E-state index contributed by atoms with van der Waals surface area (Å²) in [4.78, 5) is 15.9. The third kappa shape index (κ3) is 4.34. The van der Waals surface area contributed by atoms with E-state index in [0.29, 0.717) is 19.5 Å². The third-order valence-electron chi connectivity index (χ3n) is 5.17. The Morgan fingerprint density at radius 2 is 1.96 bits per heavy atom. The summed E-state index contributed by atoms with van der Waals surface area (Å²) in [5.74, 6) is -3.22. The topological polar surface area (TPSA) is 32.8 Å². The van der Waals surface area contributed by atoms with Gasteiger partial charge in [-0.15, -0.1) is 0 Å². The summed E-state index contributed by atoms with van der Waals surface area (Å²) in [6.07, 6.45) is 1.86. The molecule has 0 unspecified atom stereocenters. The summed E-state index contributed by atoms with van der Waals surface area (Å²) in [7, 11) is 1.92. The second-order valence-corrected chi connectivity index (χ2v) is 8.04. The number of carbonyl (C=O) groups is 1. The van der Waals surface area contributed by atoms with Crippen LogP contribution < -0.4 is 0 Å². The first-order chi connectivity index (χ1) is 10.5. The smallest absolute Gasteiger partial charge is 0.410 e. The van der Waals surface area contributed by atoms with Crippen LogP contribution in [-0.2, 0) is 4.74 Å². The molecule has 1 heterocycles. The standard InChI is InChI=1S/C17H30F2N2O2/c1-12-14(7-6-9-17(12,18)19)20(5)13-8-10-21(11-13)15(22)23-16(2,3)4/h12-14H,6-11H2,1-5H3/t12-,13+,14+/m1/s1. The Bertz CT molecular complexity index is 437. The second kappa shape index (κ2) is 6.54. The number of ether oxygens (including phenoxy) is 1. The molecule has 1 saturated heterocycles. The molecule has 6 heteroatoms.